The van der Waals surface area contributed by atoms with Gasteiger partial charge in [0.1, 0.15) is 6.54 Å². The lowest BCUT2D eigenvalue weighted by molar-refractivity contribution is -0.137. The topological polar surface area (TPSA) is 107 Å². The molecule has 0 fully saturated rings. The summed E-state index contributed by atoms with van der Waals surface area (Å²) < 4.78 is 79.7. The highest BCUT2D eigenvalue weighted by Crippen LogP contribution is 2.38. The van der Waals surface area contributed by atoms with Crippen LogP contribution in [0, 0.1) is 0 Å². The summed E-state index contributed by atoms with van der Waals surface area (Å²) in [7, 11) is 0.0810. The number of rotatable bonds is 9. The van der Waals surface area contributed by atoms with Crippen LogP contribution in [0.2, 0.25) is 5.02 Å². The maximum Gasteiger partial charge on any atom is 0.416 e. The maximum absolute atomic E-state index is 13.1. The van der Waals surface area contributed by atoms with Gasteiger partial charge in [-0.25, -0.2) is 13.8 Å². The number of carbonyl (C=O) groups is 1. The number of hydrazone groups is 1. The Morgan fingerprint density at radius 3 is 2.18 bits per heavy atom. The first-order chi connectivity index (χ1) is 15.8. The third-order valence-corrected chi connectivity index (χ3v) is 5.77. The molecule has 0 aliphatic heterocycles. The number of halogens is 4. The van der Waals surface area contributed by atoms with E-state index in [0.717, 1.165) is 12.3 Å². The van der Waals surface area contributed by atoms with Crippen LogP contribution in [-0.2, 0) is 21.0 Å². The molecule has 1 N–H and O–H groups in total. The van der Waals surface area contributed by atoms with Gasteiger partial charge in [-0.15, -0.1) is 0 Å². The van der Waals surface area contributed by atoms with Crippen LogP contribution in [0.3, 0.4) is 0 Å². The predicted molar refractivity (Wildman–Crippen MR) is 120 cm³/mol. The van der Waals surface area contributed by atoms with Crippen molar-refractivity contribution >= 4 is 39.4 Å². The first-order valence-corrected chi connectivity index (χ1v) is 11.5. The van der Waals surface area contributed by atoms with E-state index in [0.29, 0.717) is 39.2 Å². The van der Waals surface area contributed by atoms with Crippen LogP contribution in [0.25, 0.3) is 0 Å². The third kappa shape index (κ3) is 6.67. The molecular weight excluding hydrogens is 503 g/mol. The second-order valence-electron chi connectivity index (χ2n) is 6.69. The lowest BCUT2D eigenvalue weighted by Gasteiger charge is -2.23. The van der Waals surface area contributed by atoms with Gasteiger partial charge in [-0.1, -0.05) is 11.6 Å². The fourth-order valence-corrected chi connectivity index (χ4v) is 3.91. The molecule has 0 unspecified atom stereocenters. The second kappa shape index (κ2) is 10.8. The molecule has 0 spiro atoms. The van der Waals surface area contributed by atoms with Crippen molar-refractivity contribution in [1.29, 1.82) is 0 Å². The van der Waals surface area contributed by atoms with Crippen LogP contribution in [-0.4, -0.2) is 54.7 Å². The Balaban J connectivity index is 2.26. The summed E-state index contributed by atoms with van der Waals surface area (Å²) in [6.07, 6.45) is -2.78. The van der Waals surface area contributed by atoms with Gasteiger partial charge in [0.25, 0.3) is 5.91 Å². The lowest BCUT2D eigenvalue weighted by atomic mass is 10.2. The Hall–Kier alpha value is -3.19. The summed E-state index contributed by atoms with van der Waals surface area (Å²) in [5, 5.41) is 3.46. The Bertz CT molecular complexity index is 1160. The van der Waals surface area contributed by atoms with E-state index in [4.69, 9.17) is 25.8 Å². The van der Waals surface area contributed by atoms with E-state index in [1.54, 1.807) is 12.1 Å². The van der Waals surface area contributed by atoms with Crippen LogP contribution >= 0.6 is 11.6 Å². The molecule has 186 valence electrons. The van der Waals surface area contributed by atoms with E-state index in [2.05, 4.69) is 10.5 Å². The van der Waals surface area contributed by atoms with E-state index >= 15 is 0 Å². The number of carbonyl (C=O) groups excluding carboxylic acids is 1. The number of benzene rings is 2. The van der Waals surface area contributed by atoms with E-state index in [1.165, 1.54) is 27.5 Å². The van der Waals surface area contributed by atoms with E-state index in [9.17, 15) is 26.4 Å². The number of alkyl halides is 3. The molecular formula is C20H21ClF3N3O6S. The van der Waals surface area contributed by atoms with Gasteiger partial charge in [-0.05, 0) is 30.3 Å². The number of anilines is 1. The number of hydrogen-bond donors (Lipinski definition) is 1. The largest absolute Gasteiger partial charge is 0.493 e. The van der Waals surface area contributed by atoms with Crippen molar-refractivity contribution in [1.82, 2.24) is 5.43 Å². The zero-order valence-corrected chi connectivity index (χ0v) is 20.0. The van der Waals surface area contributed by atoms with Crippen molar-refractivity contribution in [2.45, 2.75) is 6.18 Å². The Morgan fingerprint density at radius 2 is 1.71 bits per heavy atom. The average molecular weight is 524 g/mol. The smallest absolute Gasteiger partial charge is 0.416 e. The molecule has 14 heteroatoms. The molecule has 2 rings (SSSR count). The molecule has 2 aromatic rings. The summed E-state index contributed by atoms with van der Waals surface area (Å²) in [5.41, 5.74) is 0.937. The number of amides is 1. The summed E-state index contributed by atoms with van der Waals surface area (Å²) >= 11 is 5.93. The molecule has 2 aromatic carbocycles. The minimum atomic E-state index is -4.74. The third-order valence-electron chi connectivity index (χ3n) is 4.32. The molecule has 0 atom stereocenters. The molecule has 9 nitrogen and oxygen atoms in total. The number of nitrogens with zero attached hydrogens (tertiary/aromatic N) is 2. The molecule has 34 heavy (non-hydrogen) atoms. The minimum Gasteiger partial charge on any atom is -0.493 e. The molecule has 0 aliphatic rings. The van der Waals surface area contributed by atoms with Crippen LogP contribution in [0.4, 0.5) is 18.9 Å². The second-order valence-corrected chi connectivity index (χ2v) is 9.00. The predicted octanol–water partition coefficient (Wildman–Crippen LogP) is 3.30. The number of methoxy groups -OCH3 is 3. The molecule has 0 radical (unpaired) electrons. The Kier molecular flexibility index (Phi) is 8.61. The Labute approximate surface area is 199 Å². The normalized spacial score (nSPS) is 11.9. The first kappa shape index (κ1) is 27.1. The van der Waals surface area contributed by atoms with Crippen molar-refractivity contribution in [3.05, 3.63) is 46.5 Å². The van der Waals surface area contributed by atoms with E-state index in [-0.39, 0.29) is 5.02 Å². The summed E-state index contributed by atoms with van der Waals surface area (Å²) in [5.74, 6) is 0.0738. The molecule has 1 amide bonds. The summed E-state index contributed by atoms with van der Waals surface area (Å²) in [4.78, 5) is 12.3. The number of ether oxygens (including phenoxy) is 3. The van der Waals surface area contributed by atoms with Crippen molar-refractivity contribution in [3.63, 3.8) is 0 Å². The monoisotopic (exact) mass is 523 g/mol. The van der Waals surface area contributed by atoms with E-state index < -0.39 is 39.9 Å². The first-order valence-electron chi connectivity index (χ1n) is 9.28. The van der Waals surface area contributed by atoms with Crippen molar-refractivity contribution in [2.75, 3.05) is 38.4 Å². The summed E-state index contributed by atoms with van der Waals surface area (Å²) in [6, 6.07) is 5.24. The van der Waals surface area contributed by atoms with E-state index in [1.807, 2.05) is 0 Å². The number of sulfonamides is 1. The molecule has 0 heterocycles. The average Bonchev–Trinajstić information content (AvgIpc) is 2.75. The highest BCUT2D eigenvalue weighted by atomic mass is 35.5. The highest BCUT2D eigenvalue weighted by Gasteiger charge is 2.33. The SMILES string of the molecule is COc1cc(/C=N/NC(=O)CN(c2cc(C(F)(F)F)ccc2Cl)S(C)(=O)=O)cc(OC)c1OC. The van der Waals surface area contributed by atoms with Crippen molar-refractivity contribution in [3.8, 4) is 17.2 Å². The number of nitrogens with one attached hydrogen (secondary N) is 1. The van der Waals surface area contributed by atoms with Crippen molar-refractivity contribution in [2.24, 2.45) is 5.10 Å². The summed E-state index contributed by atoms with van der Waals surface area (Å²) in [6.45, 7) is -0.869. The fraction of sp³-hybridized carbons (Fsp3) is 0.300. The molecule has 0 bridgehead atoms. The molecule has 0 saturated carbocycles. The molecule has 0 aromatic heterocycles. The van der Waals surface area contributed by atoms with Crippen LogP contribution in [0.5, 0.6) is 17.2 Å². The van der Waals surface area contributed by atoms with Gasteiger partial charge in [0.05, 0.1) is 50.1 Å². The van der Waals surface area contributed by atoms with Gasteiger partial charge >= 0.3 is 6.18 Å². The lowest BCUT2D eigenvalue weighted by Crippen LogP contribution is -2.39. The number of hydrogen-bond acceptors (Lipinski definition) is 7. The van der Waals surface area contributed by atoms with Gasteiger partial charge in [-0.2, -0.15) is 18.3 Å². The zero-order chi connectivity index (χ0) is 25.7. The highest BCUT2D eigenvalue weighted by molar-refractivity contribution is 7.92. The van der Waals surface area contributed by atoms with Crippen LogP contribution in [0.1, 0.15) is 11.1 Å². The standard InChI is InChI=1S/C20H21ClF3N3O6S/c1-31-16-7-12(8-17(32-2)19(16)33-3)10-25-26-18(28)11-27(34(4,29)30)15-9-13(20(22,23)24)5-6-14(15)21/h5-10H,11H2,1-4H3,(H,26,28)/b25-10+. The molecule has 0 aliphatic carbocycles. The Morgan fingerprint density at radius 1 is 1.12 bits per heavy atom. The van der Waals surface area contributed by atoms with Gasteiger partial charge < -0.3 is 14.2 Å². The van der Waals surface area contributed by atoms with Gasteiger partial charge in [0, 0.05) is 5.56 Å². The van der Waals surface area contributed by atoms with Crippen LogP contribution in [0.15, 0.2) is 35.4 Å². The van der Waals surface area contributed by atoms with Gasteiger partial charge in [0.2, 0.25) is 15.8 Å². The molecule has 0 saturated heterocycles. The van der Waals surface area contributed by atoms with Gasteiger partial charge in [-0.3, -0.25) is 9.10 Å². The maximum atomic E-state index is 13.1. The zero-order valence-electron chi connectivity index (χ0n) is 18.4. The quantitative estimate of drug-likeness (QED) is 0.399. The van der Waals surface area contributed by atoms with Gasteiger partial charge in [0.15, 0.2) is 11.5 Å². The van der Waals surface area contributed by atoms with Crippen LogP contribution < -0.4 is 23.9 Å². The van der Waals surface area contributed by atoms with Crippen molar-refractivity contribution < 1.29 is 40.6 Å². The minimum absolute atomic E-state index is 0.285. The fourth-order valence-electron chi connectivity index (χ4n) is 2.78.